The van der Waals surface area contributed by atoms with E-state index in [0.29, 0.717) is 23.1 Å². The van der Waals surface area contributed by atoms with Crippen molar-refractivity contribution >= 4 is 11.8 Å². The molecule has 0 bridgehead atoms. The fourth-order valence-electron chi connectivity index (χ4n) is 2.52. The monoisotopic (exact) mass is 372 g/mol. The van der Waals surface area contributed by atoms with E-state index in [1.807, 2.05) is 41.9 Å². The predicted molar refractivity (Wildman–Crippen MR) is 99.9 cm³/mol. The van der Waals surface area contributed by atoms with E-state index in [1.165, 1.54) is 0 Å². The van der Waals surface area contributed by atoms with Gasteiger partial charge in [-0.25, -0.2) is 0 Å². The lowest BCUT2D eigenvalue weighted by atomic mass is 10.1. The highest BCUT2D eigenvalue weighted by Crippen LogP contribution is 2.41. The largest absolute Gasteiger partial charge is 0.493 e. The Morgan fingerprint density at radius 3 is 2.31 bits per heavy atom. The molecule has 0 aliphatic rings. The van der Waals surface area contributed by atoms with Gasteiger partial charge in [0.1, 0.15) is 0 Å². The van der Waals surface area contributed by atoms with Crippen molar-refractivity contribution < 1.29 is 14.2 Å². The van der Waals surface area contributed by atoms with Crippen LogP contribution < -0.4 is 14.2 Å². The number of rotatable bonds is 7. The minimum absolute atomic E-state index is 0.547. The second-order valence-electron chi connectivity index (χ2n) is 5.39. The van der Waals surface area contributed by atoms with Crippen molar-refractivity contribution in [1.82, 2.24) is 19.7 Å². The van der Waals surface area contributed by atoms with Gasteiger partial charge in [-0.2, -0.15) is 0 Å². The van der Waals surface area contributed by atoms with Gasteiger partial charge in [0.25, 0.3) is 0 Å². The lowest BCUT2D eigenvalue weighted by Gasteiger charge is -2.14. The summed E-state index contributed by atoms with van der Waals surface area (Å²) in [5.74, 6) is 3.14. The smallest absolute Gasteiger partial charge is 0.203 e. The van der Waals surface area contributed by atoms with E-state index >= 15 is 0 Å². The van der Waals surface area contributed by atoms with Crippen molar-refractivity contribution in [1.29, 1.82) is 0 Å². The van der Waals surface area contributed by atoms with E-state index in [1.54, 1.807) is 39.3 Å². The summed E-state index contributed by atoms with van der Waals surface area (Å²) in [6.07, 6.45) is 1.79. The van der Waals surface area contributed by atoms with E-state index in [9.17, 15) is 0 Å². The van der Waals surface area contributed by atoms with Gasteiger partial charge in [-0.15, -0.1) is 10.2 Å². The van der Waals surface area contributed by atoms with Crippen LogP contribution in [0.25, 0.3) is 11.4 Å². The molecule has 8 heteroatoms. The maximum absolute atomic E-state index is 5.42. The van der Waals surface area contributed by atoms with Crippen molar-refractivity contribution in [3.8, 4) is 28.6 Å². The van der Waals surface area contributed by atoms with Crippen molar-refractivity contribution in [2.75, 3.05) is 21.3 Å². The van der Waals surface area contributed by atoms with Crippen LogP contribution in [0.3, 0.4) is 0 Å². The van der Waals surface area contributed by atoms with Gasteiger partial charge < -0.3 is 18.8 Å². The topological polar surface area (TPSA) is 71.3 Å². The highest BCUT2D eigenvalue weighted by Gasteiger charge is 2.18. The molecule has 0 aliphatic carbocycles. The van der Waals surface area contributed by atoms with Gasteiger partial charge in [0.2, 0.25) is 5.75 Å². The molecule has 26 heavy (non-hydrogen) atoms. The average Bonchev–Trinajstić information content (AvgIpc) is 3.06. The Morgan fingerprint density at radius 2 is 1.73 bits per heavy atom. The third-order valence-corrected chi connectivity index (χ3v) is 4.89. The summed E-state index contributed by atoms with van der Waals surface area (Å²) < 4.78 is 18.1. The molecule has 136 valence electrons. The van der Waals surface area contributed by atoms with Crippen LogP contribution in [0, 0.1) is 0 Å². The van der Waals surface area contributed by atoms with E-state index in [-0.39, 0.29) is 0 Å². The van der Waals surface area contributed by atoms with Crippen molar-refractivity contribution in [3.05, 3.63) is 42.2 Å². The first-order chi connectivity index (χ1) is 12.7. The molecule has 0 unspecified atom stereocenters. The van der Waals surface area contributed by atoms with Gasteiger partial charge >= 0.3 is 0 Å². The number of hydrogen-bond donors (Lipinski definition) is 0. The van der Waals surface area contributed by atoms with Crippen molar-refractivity contribution in [2.24, 2.45) is 7.05 Å². The van der Waals surface area contributed by atoms with Crippen LogP contribution in [0.5, 0.6) is 17.2 Å². The van der Waals surface area contributed by atoms with Crippen LogP contribution in [-0.2, 0) is 12.8 Å². The highest BCUT2D eigenvalue weighted by atomic mass is 32.2. The molecular weight excluding hydrogens is 352 g/mol. The van der Waals surface area contributed by atoms with Gasteiger partial charge in [0.05, 0.1) is 27.0 Å². The number of methoxy groups -OCH3 is 3. The fourth-order valence-corrected chi connectivity index (χ4v) is 3.35. The molecule has 3 rings (SSSR count). The Kier molecular flexibility index (Phi) is 5.62. The summed E-state index contributed by atoms with van der Waals surface area (Å²) in [5, 5.41) is 9.43. The lowest BCUT2D eigenvalue weighted by molar-refractivity contribution is 0.324. The number of hydrogen-bond acceptors (Lipinski definition) is 7. The zero-order valence-corrected chi connectivity index (χ0v) is 15.9. The van der Waals surface area contributed by atoms with Crippen molar-refractivity contribution in [3.63, 3.8) is 0 Å². The molecule has 2 heterocycles. The maximum atomic E-state index is 5.42. The number of pyridine rings is 1. The molecule has 2 aromatic heterocycles. The molecule has 1 aromatic carbocycles. The molecule has 7 nitrogen and oxygen atoms in total. The second kappa shape index (κ2) is 8.09. The third-order valence-electron chi connectivity index (χ3n) is 3.83. The molecule has 0 saturated heterocycles. The Balaban J connectivity index is 1.89. The van der Waals surface area contributed by atoms with Gasteiger partial charge in [-0.1, -0.05) is 17.8 Å². The number of thioether (sulfide) groups is 1. The van der Waals surface area contributed by atoms with Crippen LogP contribution >= 0.6 is 11.8 Å². The summed E-state index contributed by atoms with van der Waals surface area (Å²) in [6, 6.07) is 9.58. The molecule has 0 spiro atoms. The molecule has 3 aromatic rings. The van der Waals surface area contributed by atoms with E-state index in [2.05, 4.69) is 15.2 Å². The Hall–Kier alpha value is -2.74. The summed E-state index contributed by atoms with van der Waals surface area (Å²) in [7, 11) is 6.69. The maximum Gasteiger partial charge on any atom is 0.203 e. The molecule has 0 amide bonds. The Labute approximate surface area is 156 Å². The Morgan fingerprint density at radius 1 is 1.00 bits per heavy atom. The lowest BCUT2D eigenvalue weighted by Crippen LogP contribution is -1.99. The Bertz CT molecular complexity index is 858. The van der Waals surface area contributed by atoms with Gasteiger partial charge in [0.15, 0.2) is 22.5 Å². The molecular formula is C18H20N4O3S. The molecule has 0 fully saturated rings. The van der Waals surface area contributed by atoms with Crippen molar-refractivity contribution in [2.45, 2.75) is 10.9 Å². The van der Waals surface area contributed by atoms with Crippen LogP contribution in [0.2, 0.25) is 0 Å². The van der Waals surface area contributed by atoms with Crippen LogP contribution in [-0.4, -0.2) is 41.1 Å². The summed E-state index contributed by atoms with van der Waals surface area (Å²) in [4.78, 5) is 4.33. The zero-order chi connectivity index (χ0) is 18.5. The third kappa shape index (κ3) is 3.60. The van der Waals surface area contributed by atoms with Gasteiger partial charge in [-0.3, -0.25) is 4.98 Å². The standard InChI is InChI=1S/C18H20N4O3S/c1-22-17(12-9-14(23-2)16(25-4)15(10-12)24-3)20-21-18(22)26-11-13-7-5-6-8-19-13/h5-10H,11H2,1-4H3. The second-order valence-corrected chi connectivity index (χ2v) is 6.33. The first kappa shape index (κ1) is 18.1. The van der Waals surface area contributed by atoms with Crippen LogP contribution in [0.1, 0.15) is 5.69 Å². The van der Waals surface area contributed by atoms with Gasteiger partial charge in [0, 0.05) is 24.6 Å². The molecule has 0 N–H and O–H groups in total. The minimum Gasteiger partial charge on any atom is -0.493 e. The number of ether oxygens (including phenoxy) is 3. The van der Waals surface area contributed by atoms with E-state index < -0.39 is 0 Å². The minimum atomic E-state index is 0.547. The summed E-state index contributed by atoms with van der Waals surface area (Å²) in [6.45, 7) is 0. The number of aromatic nitrogens is 4. The number of nitrogens with zero attached hydrogens (tertiary/aromatic N) is 4. The summed E-state index contributed by atoms with van der Waals surface area (Å²) in [5.41, 5.74) is 1.83. The molecule has 0 atom stereocenters. The normalized spacial score (nSPS) is 10.6. The highest BCUT2D eigenvalue weighted by molar-refractivity contribution is 7.98. The fraction of sp³-hybridized carbons (Fsp3) is 0.278. The summed E-state index contributed by atoms with van der Waals surface area (Å²) >= 11 is 1.58. The predicted octanol–water partition coefficient (Wildman–Crippen LogP) is 3.20. The van der Waals surface area contributed by atoms with E-state index in [4.69, 9.17) is 14.2 Å². The first-order valence-electron chi connectivity index (χ1n) is 7.90. The molecule has 0 saturated carbocycles. The molecule has 0 aliphatic heterocycles. The quantitative estimate of drug-likeness (QED) is 0.590. The first-order valence-corrected chi connectivity index (χ1v) is 8.89. The zero-order valence-electron chi connectivity index (χ0n) is 15.1. The SMILES string of the molecule is COc1cc(-c2nnc(SCc3ccccn3)n2C)cc(OC)c1OC. The van der Waals surface area contributed by atoms with Crippen LogP contribution in [0.4, 0.5) is 0 Å². The molecule has 0 radical (unpaired) electrons. The average molecular weight is 372 g/mol. The van der Waals surface area contributed by atoms with E-state index in [0.717, 1.165) is 22.2 Å². The van der Waals surface area contributed by atoms with Gasteiger partial charge in [-0.05, 0) is 24.3 Å². The van der Waals surface area contributed by atoms with Crippen LogP contribution in [0.15, 0.2) is 41.7 Å². The number of benzene rings is 1.